The summed E-state index contributed by atoms with van der Waals surface area (Å²) >= 11 is 5.11. The molecule has 0 unspecified atom stereocenters. The van der Waals surface area contributed by atoms with Crippen LogP contribution < -0.4 is 0 Å². The Morgan fingerprint density at radius 3 is 2.73 bits per heavy atom. The number of Topliss-reactive ketones (excluding diaryl/α,β-unsaturated/α-hetero) is 1. The van der Waals surface area contributed by atoms with Crippen molar-refractivity contribution in [2.45, 2.75) is 20.4 Å². The van der Waals surface area contributed by atoms with Crippen LogP contribution in [0.25, 0.3) is 0 Å². The molecule has 0 radical (unpaired) electrons. The van der Waals surface area contributed by atoms with E-state index in [4.69, 9.17) is 0 Å². The molecule has 0 saturated heterocycles. The number of likely N-dealkylation sites (N-methyl/N-ethyl adjacent to an activating group) is 1. The number of hydrogen-bond donors (Lipinski definition) is 0. The molecule has 0 spiro atoms. The first-order chi connectivity index (χ1) is 6.99. The lowest BCUT2D eigenvalue weighted by molar-refractivity contribution is -0.122. The third-order valence-corrected chi connectivity index (χ3v) is 3.70. The van der Waals surface area contributed by atoms with E-state index in [2.05, 4.69) is 32.3 Å². The highest BCUT2D eigenvalue weighted by molar-refractivity contribution is 9.11. The van der Waals surface area contributed by atoms with E-state index in [1.807, 2.05) is 20.9 Å². The van der Waals surface area contributed by atoms with Gasteiger partial charge in [0.15, 0.2) is 0 Å². The number of hydrogen-bond acceptors (Lipinski definition) is 3. The number of carbonyl (C=O) groups is 1. The van der Waals surface area contributed by atoms with Gasteiger partial charge >= 0.3 is 0 Å². The normalized spacial score (nSPS) is 11.3. The van der Waals surface area contributed by atoms with Crippen molar-refractivity contribution in [3.63, 3.8) is 0 Å². The Labute approximate surface area is 103 Å². The zero-order chi connectivity index (χ0) is 11.4. The van der Waals surface area contributed by atoms with Gasteiger partial charge in [-0.1, -0.05) is 13.8 Å². The highest BCUT2D eigenvalue weighted by Gasteiger charge is 2.11. The molecule has 0 saturated carbocycles. The van der Waals surface area contributed by atoms with Crippen LogP contribution >= 0.6 is 27.3 Å². The summed E-state index contributed by atoms with van der Waals surface area (Å²) in [6.07, 6.45) is 0. The lowest BCUT2D eigenvalue weighted by Crippen LogP contribution is -2.27. The Bertz CT molecular complexity index is 335. The summed E-state index contributed by atoms with van der Waals surface area (Å²) in [5.74, 6) is 0.424. The number of carbonyl (C=O) groups excluding carboxylic acids is 1. The number of rotatable bonds is 5. The van der Waals surface area contributed by atoms with Gasteiger partial charge in [-0.2, -0.15) is 0 Å². The molecular weight excluding hydrogens is 274 g/mol. The molecule has 0 aliphatic heterocycles. The van der Waals surface area contributed by atoms with Crippen molar-refractivity contribution in [2.75, 3.05) is 13.6 Å². The van der Waals surface area contributed by atoms with Gasteiger partial charge in [-0.3, -0.25) is 9.69 Å². The lowest BCUT2D eigenvalue weighted by Gasteiger charge is -2.16. The maximum atomic E-state index is 11.5. The summed E-state index contributed by atoms with van der Waals surface area (Å²) in [6, 6.07) is 2.10. The first-order valence-corrected chi connectivity index (χ1v) is 6.60. The molecule has 1 rings (SSSR count). The van der Waals surface area contributed by atoms with Crippen LogP contribution in [-0.2, 0) is 11.3 Å². The van der Waals surface area contributed by atoms with Gasteiger partial charge in [0.25, 0.3) is 0 Å². The molecule has 2 nitrogen and oxygen atoms in total. The predicted octanol–water partition coefficient (Wildman–Crippen LogP) is 3.17. The number of nitrogens with zero attached hydrogens (tertiary/aromatic N) is 1. The molecule has 0 aliphatic carbocycles. The lowest BCUT2D eigenvalue weighted by atomic mass is 10.1. The third kappa shape index (κ3) is 4.45. The second-order valence-corrected chi connectivity index (χ2v) is 6.34. The second-order valence-electron chi connectivity index (χ2n) is 4.05. The predicted molar refractivity (Wildman–Crippen MR) is 68.2 cm³/mol. The Balaban J connectivity index is 2.42. The molecule has 0 aromatic carbocycles. The van der Waals surface area contributed by atoms with Crippen molar-refractivity contribution in [3.05, 3.63) is 20.8 Å². The molecule has 84 valence electrons. The average Bonchev–Trinajstić information content (AvgIpc) is 2.50. The SMILES string of the molecule is CC(C)C(=O)CN(C)Cc1csc(Br)c1. The molecule has 0 amide bonds. The van der Waals surface area contributed by atoms with Crippen molar-refractivity contribution in [2.24, 2.45) is 5.92 Å². The Kier molecular flexibility index (Phi) is 4.96. The maximum Gasteiger partial charge on any atom is 0.149 e. The van der Waals surface area contributed by atoms with E-state index in [1.54, 1.807) is 11.3 Å². The minimum absolute atomic E-state index is 0.127. The maximum absolute atomic E-state index is 11.5. The molecule has 1 heterocycles. The minimum Gasteiger partial charge on any atom is -0.298 e. The Morgan fingerprint density at radius 1 is 1.60 bits per heavy atom. The summed E-state index contributed by atoms with van der Waals surface area (Å²) in [4.78, 5) is 13.6. The highest BCUT2D eigenvalue weighted by atomic mass is 79.9. The van der Waals surface area contributed by atoms with Crippen molar-refractivity contribution in [3.8, 4) is 0 Å². The molecule has 0 fully saturated rings. The van der Waals surface area contributed by atoms with E-state index in [0.717, 1.165) is 10.3 Å². The molecule has 15 heavy (non-hydrogen) atoms. The van der Waals surface area contributed by atoms with Crippen molar-refractivity contribution in [1.82, 2.24) is 4.90 Å². The molecule has 1 aromatic rings. The van der Waals surface area contributed by atoms with Gasteiger partial charge in [-0.15, -0.1) is 11.3 Å². The van der Waals surface area contributed by atoms with E-state index >= 15 is 0 Å². The van der Waals surface area contributed by atoms with Crippen molar-refractivity contribution < 1.29 is 4.79 Å². The van der Waals surface area contributed by atoms with Crippen LogP contribution in [0, 0.1) is 5.92 Å². The molecule has 4 heteroatoms. The van der Waals surface area contributed by atoms with E-state index in [1.165, 1.54) is 5.56 Å². The van der Waals surface area contributed by atoms with Crippen LogP contribution in [0.1, 0.15) is 19.4 Å². The van der Waals surface area contributed by atoms with Crippen LogP contribution in [0.15, 0.2) is 15.2 Å². The van der Waals surface area contributed by atoms with E-state index in [0.29, 0.717) is 12.3 Å². The van der Waals surface area contributed by atoms with E-state index in [-0.39, 0.29) is 5.92 Å². The summed E-state index contributed by atoms with van der Waals surface area (Å²) in [7, 11) is 1.98. The molecule has 0 atom stereocenters. The quantitative estimate of drug-likeness (QED) is 0.830. The third-order valence-electron chi connectivity index (χ3n) is 2.14. The minimum atomic E-state index is 0.127. The first kappa shape index (κ1) is 12.9. The van der Waals surface area contributed by atoms with Gasteiger partial charge in [0.2, 0.25) is 0 Å². The fourth-order valence-electron chi connectivity index (χ4n) is 1.24. The van der Waals surface area contributed by atoms with Crippen LogP contribution in [0.3, 0.4) is 0 Å². The van der Waals surface area contributed by atoms with Gasteiger partial charge in [0.1, 0.15) is 5.78 Å². The van der Waals surface area contributed by atoms with E-state index in [9.17, 15) is 4.79 Å². The smallest absolute Gasteiger partial charge is 0.149 e. The van der Waals surface area contributed by atoms with Gasteiger partial charge in [-0.25, -0.2) is 0 Å². The number of thiophene rings is 1. The van der Waals surface area contributed by atoms with Gasteiger partial charge < -0.3 is 0 Å². The zero-order valence-electron chi connectivity index (χ0n) is 9.29. The van der Waals surface area contributed by atoms with Crippen LogP contribution in [0.5, 0.6) is 0 Å². The molecule has 0 aliphatic rings. The highest BCUT2D eigenvalue weighted by Crippen LogP contribution is 2.21. The topological polar surface area (TPSA) is 20.3 Å². The molecular formula is C11H16BrNOS. The number of ketones is 1. The van der Waals surface area contributed by atoms with Crippen molar-refractivity contribution >= 4 is 33.0 Å². The Hall–Kier alpha value is -0.190. The van der Waals surface area contributed by atoms with Crippen molar-refractivity contribution in [1.29, 1.82) is 0 Å². The monoisotopic (exact) mass is 289 g/mol. The zero-order valence-corrected chi connectivity index (χ0v) is 11.7. The van der Waals surface area contributed by atoms with E-state index < -0.39 is 0 Å². The van der Waals surface area contributed by atoms with Crippen LogP contribution in [-0.4, -0.2) is 24.3 Å². The molecule has 0 N–H and O–H groups in total. The van der Waals surface area contributed by atoms with Gasteiger partial charge in [0, 0.05) is 12.5 Å². The summed E-state index contributed by atoms with van der Waals surface area (Å²) in [6.45, 7) is 5.25. The summed E-state index contributed by atoms with van der Waals surface area (Å²) in [5, 5.41) is 2.11. The van der Waals surface area contributed by atoms with Gasteiger partial charge in [0.05, 0.1) is 10.3 Å². The Morgan fingerprint density at radius 2 is 2.27 bits per heavy atom. The summed E-state index contributed by atoms with van der Waals surface area (Å²) < 4.78 is 1.14. The summed E-state index contributed by atoms with van der Waals surface area (Å²) in [5.41, 5.74) is 1.26. The fourth-order valence-corrected chi connectivity index (χ4v) is 2.45. The largest absolute Gasteiger partial charge is 0.298 e. The molecule has 1 aromatic heterocycles. The molecule has 0 bridgehead atoms. The van der Waals surface area contributed by atoms with Crippen LogP contribution in [0.2, 0.25) is 0 Å². The standard InChI is InChI=1S/C11H16BrNOS/c1-8(2)10(14)6-13(3)5-9-4-11(12)15-7-9/h4,7-8H,5-6H2,1-3H3. The second kappa shape index (κ2) is 5.77. The first-order valence-electron chi connectivity index (χ1n) is 4.93. The van der Waals surface area contributed by atoms with Crippen LogP contribution in [0.4, 0.5) is 0 Å². The fraction of sp³-hybridized carbons (Fsp3) is 0.545. The van der Waals surface area contributed by atoms with Gasteiger partial charge in [-0.05, 0) is 40.0 Å². The number of halogens is 1. The average molecular weight is 290 g/mol.